The number of ether oxygens (including phenoxy) is 1. The molecule has 0 spiro atoms. The van der Waals surface area contributed by atoms with Crippen molar-refractivity contribution < 1.29 is 13.2 Å². The Balaban J connectivity index is 2.04. The predicted octanol–water partition coefficient (Wildman–Crippen LogP) is 2.98. The summed E-state index contributed by atoms with van der Waals surface area (Å²) in [6, 6.07) is 14.0. The summed E-state index contributed by atoms with van der Waals surface area (Å²) < 4.78 is 32.4. The standard InChI is InChI=1S/C18H19N3O3S/c1-4-14-6-5-7-15(12-14)21-13(2)18(19-20-21)25(22,23)17-10-8-16(24-3)9-11-17/h5-12H,4H2,1-3H3. The van der Waals surface area contributed by atoms with Crippen molar-refractivity contribution in [3.63, 3.8) is 0 Å². The quantitative estimate of drug-likeness (QED) is 0.702. The van der Waals surface area contributed by atoms with Crippen LogP contribution in [0.2, 0.25) is 0 Å². The minimum atomic E-state index is -3.75. The van der Waals surface area contributed by atoms with Crippen LogP contribution in [0.5, 0.6) is 5.75 Å². The lowest BCUT2D eigenvalue weighted by Crippen LogP contribution is -2.06. The maximum absolute atomic E-state index is 12.9. The first-order valence-electron chi connectivity index (χ1n) is 7.88. The first-order valence-corrected chi connectivity index (χ1v) is 9.36. The van der Waals surface area contributed by atoms with E-state index < -0.39 is 9.84 Å². The van der Waals surface area contributed by atoms with E-state index in [4.69, 9.17) is 4.74 Å². The summed E-state index contributed by atoms with van der Waals surface area (Å²) in [5, 5.41) is 7.94. The first-order chi connectivity index (χ1) is 12.0. The maximum Gasteiger partial charge on any atom is 0.227 e. The molecule has 0 N–H and O–H groups in total. The molecule has 1 heterocycles. The van der Waals surface area contributed by atoms with E-state index in [1.54, 1.807) is 23.7 Å². The third-order valence-electron chi connectivity index (χ3n) is 4.04. The van der Waals surface area contributed by atoms with Crippen molar-refractivity contribution in [2.45, 2.75) is 30.2 Å². The molecule has 6 nitrogen and oxygen atoms in total. The Morgan fingerprint density at radius 2 is 1.84 bits per heavy atom. The third-order valence-corrected chi connectivity index (χ3v) is 5.82. The second-order valence-corrected chi connectivity index (χ2v) is 7.46. The number of aryl methyl sites for hydroxylation is 1. The zero-order valence-corrected chi connectivity index (χ0v) is 15.1. The van der Waals surface area contributed by atoms with Gasteiger partial charge in [0.1, 0.15) is 5.75 Å². The summed E-state index contributed by atoms with van der Waals surface area (Å²) in [5.74, 6) is 0.593. The van der Waals surface area contributed by atoms with Crippen LogP contribution in [0.25, 0.3) is 5.69 Å². The van der Waals surface area contributed by atoms with E-state index in [1.165, 1.54) is 19.2 Å². The van der Waals surface area contributed by atoms with Crippen molar-refractivity contribution in [2.75, 3.05) is 7.11 Å². The van der Waals surface area contributed by atoms with Gasteiger partial charge in [0.25, 0.3) is 0 Å². The third kappa shape index (κ3) is 3.15. The lowest BCUT2D eigenvalue weighted by Gasteiger charge is -2.06. The lowest BCUT2D eigenvalue weighted by molar-refractivity contribution is 0.414. The van der Waals surface area contributed by atoms with Crippen molar-refractivity contribution in [1.29, 1.82) is 0 Å². The van der Waals surface area contributed by atoms with Gasteiger partial charge in [0.2, 0.25) is 14.9 Å². The summed E-state index contributed by atoms with van der Waals surface area (Å²) in [6.45, 7) is 3.77. The molecule has 3 aromatic rings. The van der Waals surface area contributed by atoms with Crippen LogP contribution in [0.3, 0.4) is 0 Å². The molecule has 0 radical (unpaired) electrons. The van der Waals surface area contributed by atoms with Crippen molar-refractivity contribution in [3.8, 4) is 11.4 Å². The highest BCUT2D eigenvalue weighted by atomic mass is 32.2. The summed E-state index contributed by atoms with van der Waals surface area (Å²) >= 11 is 0. The van der Waals surface area contributed by atoms with E-state index >= 15 is 0 Å². The molecular weight excluding hydrogens is 338 g/mol. The molecule has 25 heavy (non-hydrogen) atoms. The fourth-order valence-corrected chi connectivity index (χ4v) is 3.92. The van der Waals surface area contributed by atoms with Gasteiger partial charge in [-0.2, -0.15) is 0 Å². The number of aromatic nitrogens is 3. The maximum atomic E-state index is 12.9. The predicted molar refractivity (Wildman–Crippen MR) is 93.9 cm³/mol. The SMILES string of the molecule is CCc1cccc(-n2nnc(S(=O)(=O)c3ccc(OC)cc3)c2C)c1. The highest BCUT2D eigenvalue weighted by Gasteiger charge is 2.25. The van der Waals surface area contributed by atoms with Crippen molar-refractivity contribution in [1.82, 2.24) is 15.0 Å². The van der Waals surface area contributed by atoms with E-state index in [9.17, 15) is 8.42 Å². The van der Waals surface area contributed by atoms with Crippen LogP contribution >= 0.6 is 0 Å². The average Bonchev–Trinajstić information content (AvgIpc) is 3.04. The number of hydrogen-bond acceptors (Lipinski definition) is 5. The van der Waals surface area contributed by atoms with Gasteiger partial charge in [0.05, 0.1) is 23.4 Å². The van der Waals surface area contributed by atoms with Gasteiger partial charge in [0.15, 0.2) is 0 Å². The monoisotopic (exact) mass is 357 g/mol. The summed E-state index contributed by atoms with van der Waals surface area (Å²) in [4.78, 5) is 0.158. The Morgan fingerprint density at radius 3 is 2.48 bits per heavy atom. The molecule has 0 unspecified atom stereocenters. The van der Waals surface area contributed by atoms with Gasteiger partial charge in [0, 0.05) is 0 Å². The zero-order valence-electron chi connectivity index (χ0n) is 14.3. The molecule has 0 atom stereocenters. The number of rotatable bonds is 5. The number of benzene rings is 2. The average molecular weight is 357 g/mol. The zero-order chi connectivity index (χ0) is 18.0. The Kier molecular flexibility index (Phi) is 4.59. The van der Waals surface area contributed by atoms with Gasteiger partial charge in [-0.3, -0.25) is 0 Å². The molecule has 0 fully saturated rings. The van der Waals surface area contributed by atoms with Crippen molar-refractivity contribution in [2.24, 2.45) is 0 Å². The summed E-state index contributed by atoms with van der Waals surface area (Å²) in [7, 11) is -2.22. The number of methoxy groups -OCH3 is 1. The molecule has 2 aromatic carbocycles. The molecular formula is C18H19N3O3S. The first kappa shape index (κ1) is 17.2. The molecule has 0 aliphatic rings. The van der Waals surface area contributed by atoms with Gasteiger partial charge in [-0.15, -0.1) is 5.10 Å². The molecule has 0 aliphatic heterocycles. The number of nitrogens with zero attached hydrogens (tertiary/aromatic N) is 3. The van der Waals surface area contributed by atoms with Crippen LogP contribution in [0.1, 0.15) is 18.2 Å². The normalized spacial score (nSPS) is 11.5. The van der Waals surface area contributed by atoms with Crippen molar-refractivity contribution >= 4 is 9.84 Å². The molecule has 0 amide bonds. The fraction of sp³-hybridized carbons (Fsp3) is 0.222. The van der Waals surface area contributed by atoms with E-state index in [-0.39, 0.29) is 9.92 Å². The van der Waals surface area contributed by atoms with E-state index in [1.807, 2.05) is 24.3 Å². The second-order valence-electron chi connectivity index (χ2n) is 5.59. The van der Waals surface area contributed by atoms with Crippen LogP contribution < -0.4 is 4.74 Å². The molecule has 3 rings (SSSR count). The second kappa shape index (κ2) is 6.68. The fourth-order valence-electron chi connectivity index (χ4n) is 2.58. The summed E-state index contributed by atoms with van der Waals surface area (Å²) in [6.07, 6.45) is 0.887. The van der Waals surface area contributed by atoms with Gasteiger partial charge >= 0.3 is 0 Å². The molecule has 1 aromatic heterocycles. The molecule has 0 aliphatic carbocycles. The lowest BCUT2D eigenvalue weighted by atomic mass is 10.1. The Labute approximate surface area is 147 Å². The van der Waals surface area contributed by atoms with Crippen LogP contribution in [0.15, 0.2) is 58.5 Å². The minimum Gasteiger partial charge on any atom is -0.497 e. The molecule has 7 heteroatoms. The van der Waals surface area contributed by atoms with Crippen LogP contribution in [0, 0.1) is 6.92 Å². The molecule has 0 saturated carbocycles. The number of hydrogen-bond donors (Lipinski definition) is 0. The smallest absolute Gasteiger partial charge is 0.227 e. The van der Waals surface area contributed by atoms with Crippen LogP contribution in [-0.4, -0.2) is 30.5 Å². The van der Waals surface area contributed by atoms with Gasteiger partial charge in [-0.05, 0) is 55.3 Å². The molecule has 0 saturated heterocycles. The summed E-state index contributed by atoms with van der Waals surface area (Å²) in [5.41, 5.74) is 2.41. The van der Waals surface area contributed by atoms with E-state index in [2.05, 4.69) is 17.2 Å². The Bertz CT molecular complexity index is 993. The highest BCUT2D eigenvalue weighted by Crippen LogP contribution is 2.25. The topological polar surface area (TPSA) is 74.1 Å². The molecule has 130 valence electrons. The largest absolute Gasteiger partial charge is 0.497 e. The van der Waals surface area contributed by atoms with Crippen molar-refractivity contribution in [3.05, 3.63) is 59.8 Å². The van der Waals surface area contributed by atoms with Crippen LogP contribution in [0.4, 0.5) is 0 Å². The highest BCUT2D eigenvalue weighted by molar-refractivity contribution is 7.91. The van der Waals surface area contributed by atoms with Gasteiger partial charge in [-0.25, -0.2) is 13.1 Å². The van der Waals surface area contributed by atoms with Gasteiger partial charge in [-0.1, -0.05) is 24.3 Å². The molecule has 0 bridgehead atoms. The van der Waals surface area contributed by atoms with E-state index in [0.717, 1.165) is 17.7 Å². The Hall–Kier alpha value is -2.67. The van der Waals surface area contributed by atoms with E-state index in [0.29, 0.717) is 11.4 Å². The Morgan fingerprint density at radius 1 is 1.12 bits per heavy atom. The number of sulfone groups is 1. The van der Waals surface area contributed by atoms with Gasteiger partial charge < -0.3 is 4.74 Å². The minimum absolute atomic E-state index is 0.0421. The van der Waals surface area contributed by atoms with Crippen LogP contribution in [-0.2, 0) is 16.3 Å².